The highest BCUT2D eigenvalue weighted by atomic mass is 32.1. The number of Topliss-reactive ketones (excluding diaryl/α,β-unsaturated/α-hetero) is 1. The number of aryl methyl sites for hydroxylation is 1. The summed E-state index contributed by atoms with van der Waals surface area (Å²) in [6.07, 6.45) is 6.12. The third kappa shape index (κ3) is 2.53. The normalized spacial score (nSPS) is 29.9. The molecule has 2 aliphatic carbocycles. The zero-order valence-corrected chi connectivity index (χ0v) is 12.7. The number of carbonyl (C=O) groups excluding carboxylic acids is 2. The Labute approximate surface area is 123 Å². The highest BCUT2D eigenvalue weighted by Gasteiger charge is 2.33. The van der Waals surface area contributed by atoms with Crippen molar-refractivity contribution < 1.29 is 9.59 Å². The smallest absolute Gasteiger partial charge is 0.223 e. The van der Waals surface area contributed by atoms with Gasteiger partial charge in [-0.1, -0.05) is 19.8 Å². The van der Waals surface area contributed by atoms with Crippen LogP contribution in [0.25, 0.3) is 0 Å². The van der Waals surface area contributed by atoms with E-state index in [-0.39, 0.29) is 23.7 Å². The van der Waals surface area contributed by atoms with Crippen LogP contribution in [0.4, 0.5) is 0 Å². The van der Waals surface area contributed by atoms with E-state index < -0.39 is 0 Å². The maximum atomic E-state index is 12.4. The fourth-order valence-corrected chi connectivity index (χ4v) is 4.37. The number of hydrogen-bond donors (Lipinski definition) is 1. The van der Waals surface area contributed by atoms with Crippen molar-refractivity contribution in [3.05, 3.63) is 21.9 Å². The largest absolute Gasteiger partial charge is 0.346 e. The molecular weight excluding hydrogens is 270 g/mol. The second-order valence-corrected chi connectivity index (χ2v) is 7.09. The van der Waals surface area contributed by atoms with Gasteiger partial charge in [0.15, 0.2) is 5.78 Å². The molecule has 3 rings (SSSR count). The van der Waals surface area contributed by atoms with Crippen LogP contribution in [0, 0.1) is 11.8 Å². The molecule has 0 radical (unpaired) electrons. The number of ketones is 1. The van der Waals surface area contributed by atoms with Crippen LogP contribution in [0.2, 0.25) is 0 Å². The van der Waals surface area contributed by atoms with E-state index in [0.717, 1.165) is 37.7 Å². The van der Waals surface area contributed by atoms with Gasteiger partial charge in [-0.25, -0.2) is 0 Å². The number of carbonyl (C=O) groups is 2. The van der Waals surface area contributed by atoms with Crippen molar-refractivity contribution in [3.8, 4) is 0 Å². The molecule has 0 aromatic carbocycles. The Balaban J connectivity index is 1.66. The molecule has 1 heterocycles. The first-order valence-electron chi connectivity index (χ1n) is 7.58. The van der Waals surface area contributed by atoms with E-state index in [2.05, 4.69) is 12.2 Å². The van der Waals surface area contributed by atoms with Crippen molar-refractivity contribution in [1.29, 1.82) is 0 Å². The average molecular weight is 291 g/mol. The maximum Gasteiger partial charge on any atom is 0.223 e. The van der Waals surface area contributed by atoms with Crippen molar-refractivity contribution in [2.45, 2.75) is 51.5 Å². The Morgan fingerprint density at radius 3 is 2.90 bits per heavy atom. The molecule has 1 N–H and O–H groups in total. The summed E-state index contributed by atoms with van der Waals surface area (Å²) in [5, 5.41) is 4.98. The number of rotatable bonds is 2. The van der Waals surface area contributed by atoms with Crippen molar-refractivity contribution in [2.75, 3.05) is 0 Å². The topological polar surface area (TPSA) is 46.2 Å². The highest BCUT2D eigenvalue weighted by molar-refractivity contribution is 7.10. The molecule has 3 nitrogen and oxygen atoms in total. The molecule has 0 saturated heterocycles. The first kappa shape index (κ1) is 13.8. The van der Waals surface area contributed by atoms with E-state index in [1.54, 1.807) is 11.3 Å². The second-order valence-electron chi connectivity index (χ2n) is 6.09. The number of thiophene rings is 1. The quantitative estimate of drug-likeness (QED) is 0.909. The number of fused-ring (bicyclic) bond motifs is 1. The lowest BCUT2D eigenvalue weighted by Gasteiger charge is -2.30. The van der Waals surface area contributed by atoms with Crippen molar-refractivity contribution in [3.63, 3.8) is 0 Å². The first-order valence-corrected chi connectivity index (χ1v) is 8.45. The summed E-state index contributed by atoms with van der Waals surface area (Å²) in [6, 6.07) is 1.59. The van der Waals surface area contributed by atoms with Gasteiger partial charge in [-0.05, 0) is 43.0 Å². The fraction of sp³-hybridized carbons (Fsp3) is 0.625. The average Bonchev–Trinajstić information content (AvgIpc) is 2.91. The van der Waals surface area contributed by atoms with Gasteiger partial charge in [0.25, 0.3) is 0 Å². The van der Waals surface area contributed by atoms with Crippen molar-refractivity contribution >= 4 is 23.0 Å². The van der Waals surface area contributed by atoms with Crippen molar-refractivity contribution in [2.24, 2.45) is 11.8 Å². The Hall–Kier alpha value is -1.16. The third-order valence-corrected chi connectivity index (χ3v) is 5.73. The molecule has 0 aliphatic heterocycles. The Morgan fingerprint density at radius 1 is 1.30 bits per heavy atom. The molecule has 3 unspecified atom stereocenters. The lowest BCUT2D eigenvalue weighted by Crippen LogP contribution is -2.47. The molecule has 4 heteroatoms. The molecule has 0 bridgehead atoms. The Bertz CT molecular complexity index is 522. The Morgan fingerprint density at radius 2 is 2.10 bits per heavy atom. The van der Waals surface area contributed by atoms with E-state index in [1.807, 2.05) is 11.4 Å². The van der Waals surface area contributed by atoms with Gasteiger partial charge in [0.05, 0.1) is 6.04 Å². The summed E-state index contributed by atoms with van der Waals surface area (Å²) < 4.78 is 0. The molecule has 3 atom stereocenters. The van der Waals surface area contributed by atoms with Gasteiger partial charge >= 0.3 is 0 Å². The molecule has 20 heavy (non-hydrogen) atoms. The first-order chi connectivity index (χ1) is 9.66. The lowest BCUT2D eigenvalue weighted by molar-refractivity contribution is -0.128. The molecule has 108 valence electrons. The van der Waals surface area contributed by atoms with Gasteiger partial charge in [0, 0.05) is 16.4 Å². The lowest BCUT2D eigenvalue weighted by atomic mass is 9.79. The van der Waals surface area contributed by atoms with Crippen molar-refractivity contribution in [1.82, 2.24) is 5.32 Å². The summed E-state index contributed by atoms with van der Waals surface area (Å²) in [7, 11) is 0. The van der Waals surface area contributed by atoms with E-state index in [4.69, 9.17) is 0 Å². The molecule has 1 aromatic rings. The van der Waals surface area contributed by atoms with E-state index in [0.29, 0.717) is 5.92 Å². The summed E-state index contributed by atoms with van der Waals surface area (Å²) >= 11 is 1.64. The van der Waals surface area contributed by atoms with Gasteiger partial charge in [0.1, 0.15) is 0 Å². The third-order valence-electron chi connectivity index (χ3n) is 4.75. The molecular formula is C16H21NO2S. The van der Waals surface area contributed by atoms with Crippen LogP contribution >= 0.6 is 11.3 Å². The van der Waals surface area contributed by atoms with Crippen LogP contribution in [0.1, 0.15) is 54.3 Å². The number of hydrogen-bond acceptors (Lipinski definition) is 3. The molecule has 1 saturated carbocycles. The molecule has 1 aromatic heterocycles. The second kappa shape index (κ2) is 5.68. The summed E-state index contributed by atoms with van der Waals surface area (Å²) in [4.78, 5) is 26.0. The van der Waals surface area contributed by atoms with E-state index >= 15 is 0 Å². The fourth-order valence-electron chi connectivity index (χ4n) is 3.47. The summed E-state index contributed by atoms with van der Waals surface area (Å²) in [6.45, 7) is 2.16. The van der Waals surface area contributed by atoms with Gasteiger partial charge in [0.2, 0.25) is 5.91 Å². The van der Waals surface area contributed by atoms with E-state index in [1.165, 1.54) is 11.3 Å². The van der Waals surface area contributed by atoms with Gasteiger partial charge < -0.3 is 5.32 Å². The molecule has 1 amide bonds. The minimum atomic E-state index is -0.307. The molecule has 0 spiro atoms. The minimum absolute atomic E-state index is 0.0919. The number of nitrogens with one attached hydrogen (secondary N) is 1. The van der Waals surface area contributed by atoms with Crippen LogP contribution in [0.15, 0.2) is 11.4 Å². The van der Waals surface area contributed by atoms with Gasteiger partial charge in [-0.15, -0.1) is 11.3 Å². The number of amides is 1. The zero-order chi connectivity index (χ0) is 14.1. The summed E-state index contributed by atoms with van der Waals surface area (Å²) in [5.74, 6) is 0.734. The monoisotopic (exact) mass is 291 g/mol. The SMILES string of the molecule is CC1CCCCC1C(=O)NC1CCc2sccc2C1=O. The predicted octanol–water partition coefficient (Wildman–Crippen LogP) is 3.19. The summed E-state index contributed by atoms with van der Waals surface area (Å²) in [5.41, 5.74) is 0.822. The highest BCUT2D eigenvalue weighted by Crippen LogP contribution is 2.31. The van der Waals surface area contributed by atoms with Crippen LogP contribution in [0.5, 0.6) is 0 Å². The van der Waals surface area contributed by atoms with E-state index in [9.17, 15) is 9.59 Å². The van der Waals surface area contributed by atoms with Crippen LogP contribution in [-0.2, 0) is 11.2 Å². The molecule has 2 aliphatic rings. The molecule has 1 fully saturated rings. The standard InChI is InChI=1S/C16H21NO2S/c1-10-4-2-3-5-11(10)16(19)17-13-6-7-14-12(15(13)18)8-9-20-14/h8-11,13H,2-7H2,1H3,(H,17,19). The van der Waals surface area contributed by atoms with Gasteiger partial charge in [-0.3, -0.25) is 9.59 Å². The van der Waals surface area contributed by atoms with Crippen LogP contribution < -0.4 is 5.32 Å². The van der Waals surface area contributed by atoms with Crippen LogP contribution in [-0.4, -0.2) is 17.7 Å². The van der Waals surface area contributed by atoms with Crippen LogP contribution in [0.3, 0.4) is 0 Å². The Kier molecular flexibility index (Phi) is 3.92. The minimum Gasteiger partial charge on any atom is -0.346 e. The zero-order valence-electron chi connectivity index (χ0n) is 11.9. The van der Waals surface area contributed by atoms with Gasteiger partial charge in [-0.2, -0.15) is 0 Å². The maximum absolute atomic E-state index is 12.4. The predicted molar refractivity (Wildman–Crippen MR) is 80.0 cm³/mol.